The van der Waals surface area contributed by atoms with Crippen LogP contribution >= 0.6 is 11.3 Å². The van der Waals surface area contributed by atoms with E-state index in [1.807, 2.05) is 84.1 Å². The Balaban J connectivity index is 0.0000000959. The van der Waals surface area contributed by atoms with E-state index in [1.165, 1.54) is 58.2 Å². The molecule has 0 N–H and O–H groups in total. The number of nitrogens with zero attached hydrogens (tertiary/aromatic N) is 3. The van der Waals surface area contributed by atoms with E-state index in [0.29, 0.717) is 0 Å². The van der Waals surface area contributed by atoms with Crippen LogP contribution in [0.5, 0.6) is 0 Å². The van der Waals surface area contributed by atoms with Gasteiger partial charge in [-0.3, -0.25) is 0 Å². The summed E-state index contributed by atoms with van der Waals surface area (Å²) in [7, 11) is 0. The summed E-state index contributed by atoms with van der Waals surface area (Å²) in [5.74, 6) is 0. The second-order valence-electron chi connectivity index (χ2n) is 36.1. The Kier molecular flexibility index (Phi) is 15.6. The molecule has 0 saturated carbocycles. The summed E-state index contributed by atoms with van der Waals surface area (Å²) >= 11 is 1.84. The zero-order valence-electron chi connectivity index (χ0n) is 73.4. The number of hydrogen-bond donors (Lipinski definition) is 0. The van der Waals surface area contributed by atoms with Crippen molar-refractivity contribution >= 4 is 272 Å². The molecule has 138 heavy (non-hydrogen) atoms. The molecule has 0 atom stereocenters. The van der Waals surface area contributed by atoms with E-state index < -0.39 is 0 Å². The highest BCUT2D eigenvalue weighted by molar-refractivity contribution is 7.26. The van der Waals surface area contributed by atoms with E-state index in [0.717, 1.165) is 253 Å². The van der Waals surface area contributed by atoms with Gasteiger partial charge >= 0.3 is 0 Å². The number of hydrogen-bond acceptors (Lipinski definition) is 9. The number of fused-ring (bicyclic) bond motifs is 37. The zero-order chi connectivity index (χ0) is 89.8. The lowest BCUT2D eigenvalue weighted by Crippen LogP contribution is -1.93. The summed E-state index contributed by atoms with van der Waals surface area (Å²) < 4.78 is 61.3. The third-order valence-corrected chi connectivity index (χ3v) is 30.0. The molecule has 0 aliphatic carbocycles. The number of rotatable bonds is 6. The smallest absolute Gasteiger partial charge is 0.145 e. The van der Waals surface area contributed by atoms with Gasteiger partial charge in [-0.05, 0) is 174 Å². The van der Waals surface area contributed by atoms with Crippen molar-refractivity contribution in [1.29, 1.82) is 0 Å². The number of benzene rings is 21. The van der Waals surface area contributed by atoms with Crippen molar-refractivity contribution in [2.75, 3.05) is 0 Å². The van der Waals surface area contributed by atoms with Crippen molar-refractivity contribution in [3.63, 3.8) is 0 Å². The van der Waals surface area contributed by atoms with Crippen LogP contribution in [0.3, 0.4) is 0 Å². The number of furan rings is 8. The summed E-state index contributed by atoms with van der Waals surface area (Å²) in [6.07, 6.45) is 0. The molecule has 21 aromatic carbocycles. The predicted molar refractivity (Wildman–Crippen MR) is 570 cm³/mol. The average Bonchev–Trinajstić information content (AvgIpc) is 1.56. The highest BCUT2D eigenvalue weighted by atomic mass is 32.1. The Labute approximate surface area is 785 Å². The lowest BCUT2D eigenvalue weighted by atomic mass is 9.97. The van der Waals surface area contributed by atoms with E-state index in [1.54, 1.807) is 0 Å². The molecule has 12 heterocycles. The van der Waals surface area contributed by atoms with Gasteiger partial charge in [0.1, 0.15) is 89.3 Å². The molecular formula is C126H69N3O8S. The largest absolute Gasteiger partial charge is 0.456 e. The molecular weight excluding hydrogens is 1720 g/mol. The van der Waals surface area contributed by atoms with Gasteiger partial charge in [0.05, 0.1) is 38.5 Å². The first-order chi connectivity index (χ1) is 68.4. The Morgan fingerprint density at radius 3 is 0.978 bits per heavy atom. The molecule has 0 spiro atoms. The third kappa shape index (κ3) is 10.8. The SMILES string of the molecule is c1ccc2c(c1)oc1c2ccc2c1c1ccccc1n2-c1ccc2oc3c(-c4cccc5oc6ccccc6c45)cccc3c2c1.c1ccc2c(c1)oc1cc3c(cc12)c1ccccc1n3-c1ccc2oc3c(-c4cccc5sc6ccccc6c45)cccc3c2c1.c1ccc2c(c1)oc1cc3c4ccccc4n(-c4ccc5oc6c(-c7cccc8oc9ccccc9c78)cccc6c5c4)c3cc12. The molecule has 0 saturated heterocycles. The number of thiophene rings is 1. The molecule has 0 unspecified atom stereocenters. The van der Waals surface area contributed by atoms with Crippen LogP contribution in [0, 0.1) is 0 Å². The van der Waals surface area contributed by atoms with Crippen LogP contribution in [-0.4, -0.2) is 13.7 Å². The van der Waals surface area contributed by atoms with E-state index in [4.69, 9.17) is 35.3 Å². The maximum atomic E-state index is 6.69. The highest BCUT2D eigenvalue weighted by Crippen LogP contribution is 2.51. The molecule has 0 bridgehead atoms. The Hall–Kier alpha value is -18.4. The maximum Gasteiger partial charge on any atom is 0.145 e. The van der Waals surface area contributed by atoms with Crippen molar-refractivity contribution in [1.82, 2.24) is 13.7 Å². The second kappa shape index (κ2) is 28.6. The fraction of sp³-hybridized carbons (Fsp3) is 0. The van der Waals surface area contributed by atoms with Gasteiger partial charge in [0.15, 0.2) is 0 Å². The Morgan fingerprint density at radius 2 is 0.457 bits per heavy atom. The van der Waals surface area contributed by atoms with Crippen molar-refractivity contribution in [3.8, 4) is 50.4 Å². The first-order valence-electron chi connectivity index (χ1n) is 46.5. The molecule has 0 fully saturated rings. The number of para-hydroxylation sites is 11. The summed E-state index contributed by atoms with van der Waals surface area (Å²) in [4.78, 5) is 0. The molecule has 0 aliphatic rings. The van der Waals surface area contributed by atoms with Gasteiger partial charge in [-0.1, -0.05) is 255 Å². The van der Waals surface area contributed by atoms with Crippen molar-refractivity contribution in [2.45, 2.75) is 0 Å². The molecule has 0 radical (unpaired) electrons. The summed E-state index contributed by atoms with van der Waals surface area (Å²) in [5, 5.41) is 27.5. The average molecular weight is 1790 g/mol. The summed E-state index contributed by atoms with van der Waals surface area (Å²) in [6, 6.07) is 147. The van der Waals surface area contributed by atoms with Crippen LogP contribution in [0.15, 0.2) is 454 Å². The minimum atomic E-state index is 0.857. The molecule has 33 aromatic rings. The quantitative estimate of drug-likeness (QED) is 0.161. The van der Waals surface area contributed by atoms with E-state index >= 15 is 0 Å². The van der Waals surface area contributed by atoms with E-state index in [-0.39, 0.29) is 0 Å². The van der Waals surface area contributed by atoms with Crippen LogP contribution in [0.25, 0.3) is 312 Å². The topological polar surface area (TPSA) is 120 Å². The fourth-order valence-electron chi connectivity index (χ4n) is 22.9. The van der Waals surface area contributed by atoms with Crippen molar-refractivity contribution < 1.29 is 35.3 Å². The monoisotopic (exact) mass is 1780 g/mol. The number of aromatic nitrogens is 3. The van der Waals surface area contributed by atoms with Crippen LogP contribution < -0.4 is 0 Å². The molecule has 11 nitrogen and oxygen atoms in total. The molecule has 0 aliphatic heterocycles. The van der Waals surface area contributed by atoms with Gasteiger partial charge in [-0.15, -0.1) is 11.3 Å². The molecule has 0 amide bonds. The van der Waals surface area contributed by atoms with Crippen LogP contribution in [0.2, 0.25) is 0 Å². The molecule has 642 valence electrons. The van der Waals surface area contributed by atoms with Gasteiger partial charge in [0.25, 0.3) is 0 Å². The normalized spacial score (nSPS) is 12.3. The zero-order valence-corrected chi connectivity index (χ0v) is 74.2. The predicted octanol–water partition coefficient (Wildman–Crippen LogP) is 36.9. The van der Waals surface area contributed by atoms with Gasteiger partial charge in [-0.25, -0.2) is 0 Å². The van der Waals surface area contributed by atoms with Crippen LogP contribution in [0.4, 0.5) is 0 Å². The minimum Gasteiger partial charge on any atom is -0.456 e. The van der Waals surface area contributed by atoms with Crippen molar-refractivity contribution in [3.05, 3.63) is 419 Å². The Bertz CT molecular complexity index is 10800. The molecule has 12 aromatic heterocycles. The lowest BCUT2D eigenvalue weighted by Gasteiger charge is -2.08. The second-order valence-corrected chi connectivity index (χ2v) is 37.2. The van der Waals surface area contributed by atoms with Gasteiger partial charge < -0.3 is 49.0 Å². The maximum absolute atomic E-state index is 6.69. The van der Waals surface area contributed by atoms with Gasteiger partial charge in [-0.2, -0.15) is 0 Å². The Morgan fingerprint density at radius 1 is 0.138 bits per heavy atom. The minimum absolute atomic E-state index is 0.857. The summed E-state index contributed by atoms with van der Waals surface area (Å²) in [6.45, 7) is 0. The van der Waals surface area contributed by atoms with Crippen LogP contribution in [0.1, 0.15) is 0 Å². The lowest BCUT2D eigenvalue weighted by molar-refractivity contribution is 0.668. The van der Waals surface area contributed by atoms with E-state index in [2.05, 4.69) is 359 Å². The summed E-state index contributed by atoms with van der Waals surface area (Å²) in [5.41, 5.74) is 31.0. The first-order valence-corrected chi connectivity index (χ1v) is 47.3. The van der Waals surface area contributed by atoms with Crippen molar-refractivity contribution in [2.24, 2.45) is 0 Å². The fourth-order valence-corrected chi connectivity index (χ4v) is 24.0. The van der Waals surface area contributed by atoms with Gasteiger partial charge in [0.2, 0.25) is 0 Å². The molecule has 33 rings (SSSR count). The first kappa shape index (κ1) is 75.2. The van der Waals surface area contributed by atoms with Crippen LogP contribution in [-0.2, 0) is 0 Å². The van der Waals surface area contributed by atoms with Gasteiger partial charge in [0, 0.05) is 173 Å². The molecule has 12 heteroatoms. The third-order valence-electron chi connectivity index (χ3n) is 28.8. The highest BCUT2D eigenvalue weighted by Gasteiger charge is 2.28. The van der Waals surface area contributed by atoms with E-state index in [9.17, 15) is 0 Å². The standard InChI is InChI=1S/2C42H23NO3.C42H23NO2S/c1-4-15-33-30(10-1)40-34(21-20-29-25-9-2-5-16-35(25)46-42(29)40)43(33)24-19-22-37-32(23-24)28-14-7-13-27(41(28)45-37)26-12-8-18-38-39(26)31-11-3-6-17-36(31)44-38;1-4-15-34-25(9-1)31-23-40-33(26-10-2-5-16-36(26)45-40)22-35(31)43(34)24-19-20-38-32(21-24)29-14-7-13-28(42(29)46-38)27-12-8-18-39-41(27)30-11-3-6-17-37(30)44-39;1-4-15-34-25(9-1)31-22-33-26-10-2-5-16-36(26)44-38(33)23-35(31)43(34)24-19-20-37-32(21-24)29-14-7-13-28(42(29)45-37)27-12-8-18-40-41(27)30-11-3-6-17-39(30)46-40/h3*1-23H.